The summed E-state index contributed by atoms with van der Waals surface area (Å²) in [5, 5.41) is 25.3. The van der Waals surface area contributed by atoms with Crippen LogP contribution in [0.15, 0.2) is 4.99 Å². The van der Waals surface area contributed by atoms with E-state index in [1.807, 2.05) is 0 Å². The third-order valence-corrected chi connectivity index (χ3v) is 4.90. The molecule has 204 valence electrons. The molecule has 0 radical (unpaired) electrons. The van der Waals surface area contributed by atoms with E-state index in [4.69, 9.17) is 28.0 Å². The molecule has 0 aromatic rings. The van der Waals surface area contributed by atoms with Gasteiger partial charge in [-0.2, -0.15) is 0 Å². The molecule has 0 rings (SSSR count). The number of aliphatic imine (C=N–C) groups is 1. The number of amides is 4. The fraction of sp³-hybridized carbons (Fsp3) is 0.650. The number of hydrogen-bond acceptors (Lipinski definition) is 8. The smallest absolute Gasteiger partial charge is 0.326 e. The molecule has 0 aromatic heterocycles. The standard InChI is InChI=1S/C20H36N8O8/c1-9(2)15(22)18(34)28-12(8-14(30)31)17(33)26-10(4-3-7-25-20(23)24)16(32)27-11(19(35)36)5-6-13(21)29/h9-12,15H,3-8,22H2,1-2H3,(H2,21,29)(H,26,33)(H,27,32)(H,28,34)(H,30,31)(H,35,36)(H4,23,24,25). The van der Waals surface area contributed by atoms with Crippen molar-refractivity contribution in [3.8, 4) is 0 Å². The van der Waals surface area contributed by atoms with Crippen LogP contribution in [-0.2, 0) is 28.8 Å². The number of rotatable bonds is 17. The van der Waals surface area contributed by atoms with Crippen molar-refractivity contribution in [2.45, 2.75) is 70.1 Å². The van der Waals surface area contributed by atoms with E-state index >= 15 is 0 Å². The first kappa shape index (κ1) is 32.0. The van der Waals surface area contributed by atoms with Gasteiger partial charge in [-0.1, -0.05) is 13.8 Å². The molecule has 4 unspecified atom stereocenters. The Bertz CT molecular complexity index is 844. The number of carbonyl (C=O) groups excluding carboxylic acids is 4. The second-order valence-corrected chi connectivity index (χ2v) is 8.34. The Morgan fingerprint density at radius 1 is 0.806 bits per heavy atom. The van der Waals surface area contributed by atoms with Gasteiger partial charge in [0.2, 0.25) is 23.6 Å². The lowest BCUT2D eigenvalue weighted by Crippen LogP contribution is -2.58. The van der Waals surface area contributed by atoms with E-state index in [9.17, 15) is 33.9 Å². The van der Waals surface area contributed by atoms with Gasteiger partial charge in [0, 0.05) is 13.0 Å². The van der Waals surface area contributed by atoms with Gasteiger partial charge in [0.15, 0.2) is 5.96 Å². The molecule has 0 aliphatic heterocycles. The average Bonchev–Trinajstić information content (AvgIpc) is 2.76. The van der Waals surface area contributed by atoms with Gasteiger partial charge < -0.3 is 49.1 Å². The molecule has 0 aromatic carbocycles. The summed E-state index contributed by atoms with van der Waals surface area (Å²) in [6.45, 7) is 3.39. The average molecular weight is 517 g/mol. The van der Waals surface area contributed by atoms with Crippen molar-refractivity contribution in [2.24, 2.45) is 33.8 Å². The highest BCUT2D eigenvalue weighted by Crippen LogP contribution is 2.06. The number of primary amides is 1. The highest BCUT2D eigenvalue weighted by Gasteiger charge is 2.31. The number of hydrogen-bond donors (Lipinski definition) is 9. The summed E-state index contributed by atoms with van der Waals surface area (Å²) in [7, 11) is 0. The predicted molar refractivity (Wildman–Crippen MR) is 127 cm³/mol. The Hall–Kier alpha value is -3.95. The summed E-state index contributed by atoms with van der Waals surface area (Å²) < 4.78 is 0. The number of carboxylic acid groups (broad SMARTS) is 2. The van der Waals surface area contributed by atoms with E-state index in [0.717, 1.165) is 0 Å². The van der Waals surface area contributed by atoms with E-state index in [2.05, 4.69) is 20.9 Å². The minimum atomic E-state index is -1.57. The monoisotopic (exact) mass is 516 g/mol. The second-order valence-electron chi connectivity index (χ2n) is 8.34. The van der Waals surface area contributed by atoms with Gasteiger partial charge in [-0.05, 0) is 25.2 Å². The maximum atomic E-state index is 12.8. The summed E-state index contributed by atoms with van der Waals surface area (Å²) in [5.41, 5.74) is 21.3. The van der Waals surface area contributed by atoms with Crippen molar-refractivity contribution < 1.29 is 39.0 Å². The van der Waals surface area contributed by atoms with Crippen molar-refractivity contribution in [3.63, 3.8) is 0 Å². The second kappa shape index (κ2) is 15.9. The first-order valence-corrected chi connectivity index (χ1v) is 11.1. The van der Waals surface area contributed by atoms with Gasteiger partial charge in [-0.25, -0.2) is 4.79 Å². The number of carbonyl (C=O) groups is 6. The zero-order valence-electron chi connectivity index (χ0n) is 20.2. The quantitative estimate of drug-likeness (QED) is 0.0514. The SMILES string of the molecule is CC(C)C(N)C(=O)NC(CC(=O)O)C(=O)NC(CCCN=C(N)N)C(=O)NC(CCC(N)=O)C(=O)O. The van der Waals surface area contributed by atoms with Gasteiger partial charge in [0.1, 0.15) is 18.1 Å². The van der Waals surface area contributed by atoms with E-state index in [1.165, 1.54) is 0 Å². The molecule has 13 N–H and O–H groups in total. The Labute approximate surface area is 207 Å². The van der Waals surface area contributed by atoms with Crippen LogP contribution >= 0.6 is 0 Å². The van der Waals surface area contributed by atoms with Crippen molar-refractivity contribution in [1.29, 1.82) is 0 Å². The molecule has 0 aliphatic rings. The molecule has 0 bridgehead atoms. The van der Waals surface area contributed by atoms with Crippen molar-refractivity contribution in [1.82, 2.24) is 16.0 Å². The summed E-state index contributed by atoms with van der Waals surface area (Å²) in [6.07, 6.45) is -1.32. The van der Waals surface area contributed by atoms with Crippen LogP contribution in [-0.4, -0.2) is 82.5 Å². The van der Waals surface area contributed by atoms with Crippen LogP contribution in [0.2, 0.25) is 0 Å². The molecule has 0 spiro atoms. The maximum absolute atomic E-state index is 12.8. The number of nitrogens with zero attached hydrogens (tertiary/aromatic N) is 1. The lowest BCUT2D eigenvalue weighted by molar-refractivity contribution is -0.143. The first-order chi connectivity index (χ1) is 16.6. The summed E-state index contributed by atoms with van der Waals surface area (Å²) >= 11 is 0. The summed E-state index contributed by atoms with van der Waals surface area (Å²) in [4.78, 5) is 75.4. The van der Waals surface area contributed by atoms with Crippen LogP contribution in [0.5, 0.6) is 0 Å². The minimum absolute atomic E-state index is 0.0737. The minimum Gasteiger partial charge on any atom is -0.481 e. The molecular formula is C20H36N8O8. The lowest BCUT2D eigenvalue weighted by Gasteiger charge is -2.25. The predicted octanol–water partition coefficient (Wildman–Crippen LogP) is -3.70. The number of nitrogens with one attached hydrogen (secondary N) is 3. The fourth-order valence-corrected chi connectivity index (χ4v) is 2.82. The molecule has 16 nitrogen and oxygen atoms in total. The van der Waals surface area contributed by atoms with Crippen molar-refractivity contribution in [3.05, 3.63) is 0 Å². The molecule has 0 saturated heterocycles. The third kappa shape index (κ3) is 13.1. The molecule has 4 amide bonds. The van der Waals surface area contributed by atoms with Crippen LogP contribution < -0.4 is 38.9 Å². The van der Waals surface area contributed by atoms with E-state index in [0.29, 0.717) is 0 Å². The molecule has 36 heavy (non-hydrogen) atoms. The topological polar surface area (TPSA) is 295 Å². The first-order valence-electron chi connectivity index (χ1n) is 11.1. The largest absolute Gasteiger partial charge is 0.481 e. The van der Waals surface area contributed by atoms with Gasteiger partial charge in [-0.15, -0.1) is 0 Å². The lowest BCUT2D eigenvalue weighted by atomic mass is 10.0. The fourth-order valence-electron chi connectivity index (χ4n) is 2.82. The Morgan fingerprint density at radius 2 is 1.33 bits per heavy atom. The molecule has 0 saturated carbocycles. The van der Waals surface area contributed by atoms with E-state index < -0.39 is 66.2 Å². The third-order valence-electron chi connectivity index (χ3n) is 4.90. The number of nitrogens with two attached hydrogens (primary N) is 4. The molecule has 16 heteroatoms. The molecule has 0 aliphatic carbocycles. The Kier molecular flexibility index (Phi) is 14.1. The van der Waals surface area contributed by atoms with Gasteiger partial charge in [0.25, 0.3) is 0 Å². The molecule has 4 atom stereocenters. The number of carboxylic acids is 2. The normalized spacial score (nSPS) is 14.0. The number of aliphatic carboxylic acids is 2. The van der Waals surface area contributed by atoms with E-state index in [-0.39, 0.29) is 44.1 Å². The van der Waals surface area contributed by atoms with E-state index in [1.54, 1.807) is 13.8 Å². The zero-order valence-corrected chi connectivity index (χ0v) is 20.2. The maximum Gasteiger partial charge on any atom is 0.326 e. The molecule has 0 fully saturated rings. The zero-order chi connectivity index (χ0) is 28.0. The van der Waals surface area contributed by atoms with Crippen LogP contribution in [0.3, 0.4) is 0 Å². The van der Waals surface area contributed by atoms with Crippen molar-refractivity contribution >= 4 is 41.5 Å². The van der Waals surface area contributed by atoms with Crippen molar-refractivity contribution in [2.75, 3.05) is 6.54 Å². The Balaban J connectivity index is 5.68. The summed E-state index contributed by atoms with van der Waals surface area (Å²) in [5.74, 6) is -6.82. The van der Waals surface area contributed by atoms with Gasteiger partial charge in [-0.3, -0.25) is 29.0 Å². The van der Waals surface area contributed by atoms with Crippen LogP contribution in [0, 0.1) is 5.92 Å². The highest BCUT2D eigenvalue weighted by atomic mass is 16.4. The van der Waals surface area contributed by atoms with Crippen LogP contribution in [0.4, 0.5) is 0 Å². The summed E-state index contributed by atoms with van der Waals surface area (Å²) in [6, 6.07) is -5.43. The Morgan fingerprint density at radius 3 is 1.81 bits per heavy atom. The van der Waals surface area contributed by atoms with Crippen LogP contribution in [0.1, 0.15) is 46.0 Å². The molecular weight excluding hydrogens is 480 g/mol. The van der Waals surface area contributed by atoms with Gasteiger partial charge in [0.05, 0.1) is 12.5 Å². The number of guanidine groups is 1. The molecule has 0 heterocycles. The van der Waals surface area contributed by atoms with Crippen LogP contribution in [0.25, 0.3) is 0 Å². The highest BCUT2D eigenvalue weighted by molar-refractivity contribution is 5.95. The van der Waals surface area contributed by atoms with Gasteiger partial charge >= 0.3 is 11.9 Å².